The van der Waals surface area contributed by atoms with Gasteiger partial charge in [-0.05, 0) is 32.0 Å². The van der Waals surface area contributed by atoms with Gasteiger partial charge in [-0.2, -0.15) is 0 Å². The van der Waals surface area contributed by atoms with Crippen LogP contribution in [-0.2, 0) is 11.2 Å². The van der Waals surface area contributed by atoms with Crippen molar-refractivity contribution in [3.63, 3.8) is 0 Å². The summed E-state index contributed by atoms with van der Waals surface area (Å²) in [6.07, 6.45) is 0.574. The van der Waals surface area contributed by atoms with Crippen LogP contribution >= 0.6 is 0 Å². The minimum atomic E-state index is -0.489. The number of hydrogen-bond acceptors (Lipinski definition) is 3. The first-order chi connectivity index (χ1) is 9.56. The molecule has 0 saturated heterocycles. The Morgan fingerprint density at radius 3 is 2.40 bits per heavy atom. The van der Waals surface area contributed by atoms with Crippen LogP contribution in [0.15, 0.2) is 30.3 Å². The number of nitrogens with two attached hydrogens (primary N) is 1. The predicted octanol–water partition coefficient (Wildman–Crippen LogP) is 1.40. The van der Waals surface area contributed by atoms with Crippen LogP contribution in [0.2, 0.25) is 0 Å². The van der Waals surface area contributed by atoms with Crippen molar-refractivity contribution in [3.05, 3.63) is 35.9 Å². The molecule has 0 aliphatic heterocycles. The maximum Gasteiger partial charge on any atom is 0.237 e. The second-order valence-electron chi connectivity index (χ2n) is 5.19. The van der Waals surface area contributed by atoms with Crippen LogP contribution in [0.25, 0.3) is 0 Å². The number of carbonyl (C=O) groups is 1. The van der Waals surface area contributed by atoms with Gasteiger partial charge in [-0.25, -0.2) is 0 Å². The third-order valence-corrected chi connectivity index (χ3v) is 3.45. The highest BCUT2D eigenvalue weighted by molar-refractivity contribution is 5.82. The third-order valence-electron chi connectivity index (χ3n) is 3.45. The van der Waals surface area contributed by atoms with E-state index in [1.54, 1.807) is 0 Å². The summed E-state index contributed by atoms with van der Waals surface area (Å²) < 4.78 is 0. The monoisotopic (exact) mass is 277 g/mol. The predicted molar refractivity (Wildman–Crippen MR) is 83.5 cm³/mol. The largest absolute Gasteiger partial charge is 0.351 e. The molecular weight excluding hydrogens is 250 g/mol. The fourth-order valence-electron chi connectivity index (χ4n) is 2.23. The number of rotatable bonds is 8. The standard InChI is InChI=1S/C16H27N3O/c1-4-19(5-2)12-13(3)18-16(20)15(17)11-14-9-7-6-8-10-14/h6-10,13,15H,4-5,11-12,17H2,1-3H3,(H,18,20)/t13?,15-/m1/s1. The average molecular weight is 277 g/mol. The molecule has 0 radical (unpaired) electrons. The molecule has 0 heterocycles. The van der Waals surface area contributed by atoms with Gasteiger partial charge in [-0.3, -0.25) is 4.79 Å². The Bertz CT molecular complexity index is 390. The molecule has 4 heteroatoms. The molecule has 2 atom stereocenters. The van der Waals surface area contributed by atoms with E-state index in [1.165, 1.54) is 0 Å². The van der Waals surface area contributed by atoms with Gasteiger partial charge in [0.15, 0.2) is 0 Å². The lowest BCUT2D eigenvalue weighted by Crippen LogP contribution is -2.49. The van der Waals surface area contributed by atoms with E-state index in [1.807, 2.05) is 37.3 Å². The second-order valence-corrected chi connectivity index (χ2v) is 5.19. The zero-order chi connectivity index (χ0) is 15.0. The van der Waals surface area contributed by atoms with Gasteiger partial charge in [-0.1, -0.05) is 44.2 Å². The Kier molecular flexibility index (Phi) is 7.26. The van der Waals surface area contributed by atoms with Crippen LogP contribution < -0.4 is 11.1 Å². The van der Waals surface area contributed by atoms with E-state index >= 15 is 0 Å². The quantitative estimate of drug-likeness (QED) is 0.755. The van der Waals surface area contributed by atoms with E-state index in [4.69, 9.17) is 5.73 Å². The molecule has 0 bridgehead atoms. The molecular formula is C16H27N3O. The molecule has 1 rings (SSSR count). The normalized spacial score (nSPS) is 14.1. The Hall–Kier alpha value is -1.39. The average Bonchev–Trinajstić information content (AvgIpc) is 2.45. The molecule has 0 saturated carbocycles. The summed E-state index contributed by atoms with van der Waals surface area (Å²) in [7, 11) is 0. The van der Waals surface area contributed by atoms with Gasteiger partial charge in [-0.15, -0.1) is 0 Å². The van der Waals surface area contributed by atoms with Crippen molar-refractivity contribution in [3.8, 4) is 0 Å². The van der Waals surface area contributed by atoms with Crippen molar-refractivity contribution >= 4 is 5.91 Å². The topological polar surface area (TPSA) is 58.4 Å². The van der Waals surface area contributed by atoms with E-state index in [2.05, 4.69) is 24.1 Å². The molecule has 1 unspecified atom stereocenters. The Balaban J connectivity index is 2.41. The van der Waals surface area contributed by atoms with Gasteiger partial charge in [0.2, 0.25) is 5.91 Å². The molecule has 4 nitrogen and oxygen atoms in total. The number of nitrogens with one attached hydrogen (secondary N) is 1. The zero-order valence-electron chi connectivity index (χ0n) is 12.8. The van der Waals surface area contributed by atoms with E-state index < -0.39 is 6.04 Å². The highest BCUT2D eigenvalue weighted by Crippen LogP contribution is 2.02. The first-order valence-electron chi connectivity index (χ1n) is 7.39. The van der Waals surface area contributed by atoms with Crippen LogP contribution in [-0.4, -0.2) is 42.5 Å². The summed E-state index contributed by atoms with van der Waals surface area (Å²) in [5, 5.41) is 2.99. The highest BCUT2D eigenvalue weighted by Gasteiger charge is 2.17. The molecule has 0 aliphatic rings. The summed E-state index contributed by atoms with van der Waals surface area (Å²) in [5.74, 6) is -0.0755. The lowest BCUT2D eigenvalue weighted by Gasteiger charge is -2.24. The molecule has 20 heavy (non-hydrogen) atoms. The van der Waals surface area contributed by atoms with Crippen molar-refractivity contribution < 1.29 is 4.79 Å². The first kappa shape index (κ1) is 16.7. The van der Waals surface area contributed by atoms with Crippen LogP contribution in [0, 0.1) is 0 Å². The van der Waals surface area contributed by atoms with Crippen molar-refractivity contribution in [2.24, 2.45) is 5.73 Å². The fourth-order valence-corrected chi connectivity index (χ4v) is 2.23. The smallest absolute Gasteiger partial charge is 0.237 e. The van der Waals surface area contributed by atoms with Gasteiger partial charge in [0, 0.05) is 12.6 Å². The molecule has 112 valence electrons. The fraction of sp³-hybridized carbons (Fsp3) is 0.562. The number of carbonyl (C=O) groups excluding carboxylic acids is 1. The molecule has 0 aliphatic carbocycles. The van der Waals surface area contributed by atoms with E-state index in [9.17, 15) is 4.79 Å². The van der Waals surface area contributed by atoms with Crippen molar-refractivity contribution in [2.45, 2.75) is 39.3 Å². The summed E-state index contributed by atoms with van der Waals surface area (Å²) in [4.78, 5) is 14.3. The van der Waals surface area contributed by atoms with Crippen molar-refractivity contribution in [1.82, 2.24) is 10.2 Å². The maximum atomic E-state index is 12.1. The molecule has 1 aromatic rings. The van der Waals surface area contributed by atoms with Crippen molar-refractivity contribution in [1.29, 1.82) is 0 Å². The van der Waals surface area contributed by atoms with Gasteiger partial charge >= 0.3 is 0 Å². The van der Waals surface area contributed by atoms with Crippen LogP contribution in [0.3, 0.4) is 0 Å². The van der Waals surface area contributed by atoms with E-state index in [0.717, 1.165) is 25.2 Å². The molecule has 0 aromatic heterocycles. The minimum Gasteiger partial charge on any atom is -0.351 e. The summed E-state index contributed by atoms with van der Waals surface area (Å²) in [6.45, 7) is 9.11. The third kappa shape index (κ3) is 5.72. The van der Waals surface area contributed by atoms with Gasteiger partial charge < -0.3 is 16.0 Å². The lowest BCUT2D eigenvalue weighted by atomic mass is 10.1. The van der Waals surface area contributed by atoms with Gasteiger partial charge in [0.25, 0.3) is 0 Å². The molecule has 0 fully saturated rings. The maximum absolute atomic E-state index is 12.1. The number of likely N-dealkylation sites (N-methyl/N-ethyl adjacent to an activating group) is 1. The summed E-state index contributed by atoms with van der Waals surface area (Å²) in [6, 6.07) is 9.49. The Morgan fingerprint density at radius 1 is 1.25 bits per heavy atom. The Labute approximate surface area is 122 Å². The van der Waals surface area contributed by atoms with E-state index in [0.29, 0.717) is 6.42 Å². The summed E-state index contributed by atoms with van der Waals surface area (Å²) >= 11 is 0. The Morgan fingerprint density at radius 2 is 1.85 bits per heavy atom. The summed E-state index contributed by atoms with van der Waals surface area (Å²) in [5.41, 5.74) is 7.06. The molecule has 3 N–H and O–H groups in total. The van der Waals surface area contributed by atoms with Crippen molar-refractivity contribution in [2.75, 3.05) is 19.6 Å². The van der Waals surface area contributed by atoms with Crippen LogP contribution in [0.5, 0.6) is 0 Å². The number of benzene rings is 1. The van der Waals surface area contributed by atoms with Gasteiger partial charge in [0.1, 0.15) is 0 Å². The van der Waals surface area contributed by atoms with Gasteiger partial charge in [0.05, 0.1) is 6.04 Å². The SMILES string of the molecule is CCN(CC)CC(C)NC(=O)[C@H](N)Cc1ccccc1. The highest BCUT2D eigenvalue weighted by atomic mass is 16.2. The number of nitrogens with zero attached hydrogens (tertiary/aromatic N) is 1. The van der Waals surface area contributed by atoms with E-state index in [-0.39, 0.29) is 11.9 Å². The van der Waals surface area contributed by atoms with Crippen LogP contribution in [0.1, 0.15) is 26.3 Å². The molecule has 1 amide bonds. The number of hydrogen-bond donors (Lipinski definition) is 2. The second kappa shape index (κ2) is 8.72. The number of amides is 1. The van der Waals surface area contributed by atoms with Crippen LogP contribution in [0.4, 0.5) is 0 Å². The first-order valence-corrected chi connectivity index (χ1v) is 7.39. The zero-order valence-corrected chi connectivity index (χ0v) is 12.8. The lowest BCUT2D eigenvalue weighted by molar-refractivity contribution is -0.123. The molecule has 0 spiro atoms. The minimum absolute atomic E-state index is 0.0755. The molecule has 1 aromatic carbocycles.